The first-order valence-electron chi connectivity index (χ1n) is 8.98. The molecule has 0 fully saturated rings. The maximum absolute atomic E-state index is 13.2. The van der Waals surface area contributed by atoms with E-state index in [2.05, 4.69) is 5.32 Å². The third-order valence-electron chi connectivity index (χ3n) is 4.43. The normalized spacial score (nSPS) is 14.0. The van der Waals surface area contributed by atoms with E-state index in [4.69, 9.17) is 4.74 Å². The molecule has 0 aromatic heterocycles. The van der Waals surface area contributed by atoms with Crippen LogP contribution < -0.4 is 5.32 Å². The Morgan fingerprint density at radius 1 is 1.03 bits per heavy atom. The van der Waals surface area contributed by atoms with Gasteiger partial charge in [0, 0.05) is 5.69 Å². The molecule has 0 radical (unpaired) electrons. The van der Waals surface area contributed by atoms with Crippen LogP contribution in [-0.2, 0) is 14.3 Å². The predicted octanol–water partition coefficient (Wildman–Crippen LogP) is 2.63. The molecule has 1 aliphatic rings. The Bertz CT molecular complexity index is 954. The first kappa shape index (κ1) is 20.2. The highest BCUT2D eigenvalue weighted by Crippen LogP contribution is 2.27. The first-order valence-corrected chi connectivity index (χ1v) is 8.98. The van der Waals surface area contributed by atoms with Gasteiger partial charge in [0.15, 0.2) is 6.61 Å². The Labute approximate surface area is 166 Å². The zero-order valence-corrected chi connectivity index (χ0v) is 15.8. The molecule has 3 amide bonds. The summed E-state index contributed by atoms with van der Waals surface area (Å²) in [5.74, 6) is -3.66. The van der Waals surface area contributed by atoms with Gasteiger partial charge in [-0.1, -0.05) is 32.0 Å². The van der Waals surface area contributed by atoms with E-state index < -0.39 is 48.1 Å². The molecule has 7 nitrogen and oxygen atoms in total. The van der Waals surface area contributed by atoms with Gasteiger partial charge >= 0.3 is 5.97 Å². The lowest BCUT2D eigenvalue weighted by Gasteiger charge is -2.27. The molecule has 1 atom stereocenters. The van der Waals surface area contributed by atoms with Gasteiger partial charge in [-0.15, -0.1) is 0 Å². The van der Waals surface area contributed by atoms with Gasteiger partial charge in [0.2, 0.25) is 0 Å². The lowest BCUT2D eigenvalue weighted by Crippen LogP contribution is -2.49. The molecule has 0 unspecified atom stereocenters. The van der Waals surface area contributed by atoms with Crippen molar-refractivity contribution < 1.29 is 28.3 Å². The largest absolute Gasteiger partial charge is 0.454 e. The van der Waals surface area contributed by atoms with E-state index in [1.54, 1.807) is 26.0 Å². The molecule has 2 aromatic carbocycles. The molecule has 1 N–H and O–H groups in total. The summed E-state index contributed by atoms with van der Waals surface area (Å²) in [4.78, 5) is 50.8. The number of nitrogens with one attached hydrogen (secondary N) is 1. The smallest absolute Gasteiger partial charge is 0.330 e. The predicted molar refractivity (Wildman–Crippen MR) is 102 cm³/mol. The Hall–Kier alpha value is -3.55. The number of rotatable bonds is 6. The van der Waals surface area contributed by atoms with Gasteiger partial charge in [-0.2, -0.15) is 0 Å². The fraction of sp³-hybridized carbons (Fsp3) is 0.238. The van der Waals surface area contributed by atoms with Crippen LogP contribution in [0.2, 0.25) is 0 Å². The maximum atomic E-state index is 13.2. The highest BCUT2D eigenvalue weighted by atomic mass is 19.1. The molecule has 29 heavy (non-hydrogen) atoms. The average Bonchev–Trinajstić information content (AvgIpc) is 2.92. The van der Waals surface area contributed by atoms with Crippen molar-refractivity contribution in [1.82, 2.24) is 4.90 Å². The number of esters is 1. The van der Waals surface area contributed by atoms with Crippen molar-refractivity contribution in [1.29, 1.82) is 0 Å². The average molecular weight is 398 g/mol. The monoisotopic (exact) mass is 398 g/mol. The number of halogens is 1. The van der Waals surface area contributed by atoms with E-state index in [1.165, 1.54) is 30.3 Å². The van der Waals surface area contributed by atoms with E-state index >= 15 is 0 Å². The van der Waals surface area contributed by atoms with E-state index in [0.29, 0.717) is 0 Å². The van der Waals surface area contributed by atoms with Gasteiger partial charge in [0.1, 0.15) is 11.9 Å². The van der Waals surface area contributed by atoms with Gasteiger partial charge in [0.25, 0.3) is 17.7 Å². The quantitative estimate of drug-likeness (QED) is 0.597. The highest BCUT2D eigenvalue weighted by Gasteiger charge is 2.44. The SMILES string of the molecule is CC(C)[C@H](C(=O)OCC(=O)Nc1cccc(F)c1)N1C(=O)c2ccccc2C1=O. The number of ether oxygens (including phenoxy) is 1. The lowest BCUT2D eigenvalue weighted by molar-refractivity contribution is -0.152. The highest BCUT2D eigenvalue weighted by molar-refractivity contribution is 6.22. The van der Waals surface area contributed by atoms with Gasteiger partial charge in [-0.3, -0.25) is 19.3 Å². The number of amides is 3. The van der Waals surface area contributed by atoms with Crippen molar-refractivity contribution in [2.45, 2.75) is 19.9 Å². The second-order valence-electron chi connectivity index (χ2n) is 6.88. The summed E-state index contributed by atoms with van der Waals surface area (Å²) in [6.45, 7) is 2.70. The molecule has 3 rings (SSSR count). The first-order chi connectivity index (χ1) is 13.8. The van der Waals surface area contributed by atoms with Crippen LogP contribution in [0.5, 0.6) is 0 Å². The molecule has 0 saturated heterocycles. The Kier molecular flexibility index (Phi) is 5.72. The van der Waals surface area contributed by atoms with Crippen molar-refractivity contribution in [3.05, 3.63) is 65.5 Å². The van der Waals surface area contributed by atoms with Crippen LogP contribution in [0.15, 0.2) is 48.5 Å². The maximum Gasteiger partial charge on any atom is 0.330 e. The fourth-order valence-corrected chi connectivity index (χ4v) is 3.12. The number of hydrogen-bond acceptors (Lipinski definition) is 5. The summed E-state index contributed by atoms with van der Waals surface area (Å²) >= 11 is 0. The van der Waals surface area contributed by atoms with Gasteiger partial charge < -0.3 is 10.1 Å². The molecule has 0 aliphatic carbocycles. The summed E-state index contributed by atoms with van der Waals surface area (Å²) < 4.78 is 18.2. The van der Waals surface area contributed by atoms with Gasteiger partial charge in [-0.05, 0) is 36.2 Å². The van der Waals surface area contributed by atoms with Crippen molar-refractivity contribution >= 4 is 29.4 Å². The summed E-state index contributed by atoms with van der Waals surface area (Å²) in [6.07, 6.45) is 0. The minimum atomic E-state index is -1.18. The van der Waals surface area contributed by atoms with Crippen LogP contribution in [0.3, 0.4) is 0 Å². The number of carbonyl (C=O) groups is 4. The molecule has 150 valence electrons. The minimum Gasteiger partial charge on any atom is -0.454 e. The van der Waals surface area contributed by atoms with Crippen LogP contribution in [0, 0.1) is 11.7 Å². The summed E-state index contributed by atoms with van der Waals surface area (Å²) in [5, 5.41) is 2.40. The van der Waals surface area contributed by atoms with Crippen molar-refractivity contribution in [2.75, 3.05) is 11.9 Å². The topological polar surface area (TPSA) is 92.8 Å². The number of nitrogens with zero attached hydrogens (tertiary/aromatic N) is 1. The van der Waals surface area contributed by atoms with Crippen molar-refractivity contribution in [3.8, 4) is 0 Å². The molecule has 2 aromatic rings. The van der Waals surface area contributed by atoms with Crippen LogP contribution in [0.4, 0.5) is 10.1 Å². The van der Waals surface area contributed by atoms with E-state index in [1.807, 2.05) is 0 Å². The molecule has 0 saturated carbocycles. The molecule has 1 aliphatic heterocycles. The number of anilines is 1. The third kappa shape index (κ3) is 4.16. The number of benzene rings is 2. The zero-order valence-electron chi connectivity index (χ0n) is 15.8. The molecule has 0 bridgehead atoms. The fourth-order valence-electron chi connectivity index (χ4n) is 3.12. The Balaban J connectivity index is 1.68. The number of imide groups is 1. The number of hydrogen-bond donors (Lipinski definition) is 1. The third-order valence-corrected chi connectivity index (χ3v) is 4.43. The molecule has 8 heteroatoms. The Morgan fingerprint density at radius 3 is 2.21 bits per heavy atom. The second kappa shape index (κ2) is 8.22. The molecular weight excluding hydrogens is 379 g/mol. The van der Waals surface area contributed by atoms with Crippen LogP contribution in [-0.4, -0.2) is 41.2 Å². The van der Waals surface area contributed by atoms with E-state index in [0.717, 1.165) is 11.0 Å². The molecule has 0 spiro atoms. The van der Waals surface area contributed by atoms with Gasteiger partial charge in [-0.25, -0.2) is 9.18 Å². The van der Waals surface area contributed by atoms with Crippen LogP contribution in [0.25, 0.3) is 0 Å². The van der Waals surface area contributed by atoms with Crippen LogP contribution in [0.1, 0.15) is 34.6 Å². The zero-order chi connectivity index (χ0) is 21.1. The van der Waals surface area contributed by atoms with E-state index in [-0.39, 0.29) is 16.8 Å². The number of carbonyl (C=O) groups excluding carboxylic acids is 4. The van der Waals surface area contributed by atoms with Crippen LogP contribution >= 0.6 is 0 Å². The summed E-state index contributed by atoms with van der Waals surface area (Å²) in [5.41, 5.74) is 0.659. The number of fused-ring (bicyclic) bond motifs is 1. The second-order valence-corrected chi connectivity index (χ2v) is 6.88. The van der Waals surface area contributed by atoms with Crippen molar-refractivity contribution in [2.24, 2.45) is 5.92 Å². The Morgan fingerprint density at radius 2 is 1.66 bits per heavy atom. The summed E-state index contributed by atoms with van der Waals surface area (Å²) in [6, 6.07) is 10.4. The lowest BCUT2D eigenvalue weighted by atomic mass is 10.0. The molecule has 1 heterocycles. The standard InChI is InChI=1S/C21H19FN2O5/c1-12(2)18(24-19(26)15-8-3-4-9-16(15)20(24)27)21(28)29-11-17(25)23-14-7-5-6-13(22)10-14/h3-10,12,18H,11H2,1-2H3,(H,23,25)/t18-/m1/s1. The molecular formula is C21H19FN2O5. The summed E-state index contributed by atoms with van der Waals surface area (Å²) in [7, 11) is 0. The van der Waals surface area contributed by atoms with E-state index in [9.17, 15) is 23.6 Å². The van der Waals surface area contributed by atoms with Crippen molar-refractivity contribution in [3.63, 3.8) is 0 Å². The van der Waals surface area contributed by atoms with Gasteiger partial charge in [0.05, 0.1) is 11.1 Å². The minimum absolute atomic E-state index is 0.215.